The molecule has 2 N–H and O–H groups in total. The minimum absolute atomic E-state index is 0.0442. The van der Waals surface area contributed by atoms with Gasteiger partial charge in [0.15, 0.2) is 0 Å². The normalized spacial score (nSPS) is 39.6. The molecule has 2 saturated carbocycles. The van der Waals surface area contributed by atoms with Crippen molar-refractivity contribution in [3.8, 4) is 0 Å². The number of piperazine rings is 1. The number of amides is 2. The van der Waals surface area contributed by atoms with Gasteiger partial charge in [0, 0.05) is 44.8 Å². The van der Waals surface area contributed by atoms with Gasteiger partial charge in [-0.3, -0.25) is 14.5 Å². The lowest BCUT2D eigenvalue weighted by atomic mass is 9.78. The molecule has 2 amide bonds. The zero-order valence-corrected chi connectivity index (χ0v) is 15.8. The van der Waals surface area contributed by atoms with Crippen LogP contribution in [0.3, 0.4) is 0 Å². The van der Waals surface area contributed by atoms with Crippen molar-refractivity contribution in [1.29, 1.82) is 0 Å². The molecule has 2 aliphatic carbocycles. The topological polar surface area (TPSA) is 64.7 Å². The quantitative estimate of drug-likeness (QED) is 0.699. The fraction of sp³-hybridized carbons (Fsp3) is 0.800. The molecule has 26 heavy (non-hydrogen) atoms. The third-order valence-corrected chi connectivity index (χ3v) is 7.11. The Hall–Kier alpha value is -1.40. The first-order valence-electron chi connectivity index (χ1n) is 10.2. The molecule has 0 aromatic carbocycles. The first-order valence-corrected chi connectivity index (χ1v) is 10.2. The second-order valence-corrected chi connectivity index (χ2v) is 8.77. The Morgan fingerprint density at radius 3 is 2.54 bits per heavy atom. The fourth-order valence-corrected chi connectivity index (χ4v) is 5.94. The Balaban J connectivity index is 1.39. The van der Waals surface area contributed by atoms with E-state index in [-0.39, 0.29) is 29.7 Å². The SMILES string of the molecule is C=CCNC(=O)[C@H]1[C@@H]2CC[C@H](C2)[C@H]1C(=O)N[C@H]1C[C@H]2CN(C)CCN2C1. The average Bonchev–Trinajstić information content (AvgIpc) is 3.32. The number of carbonyl (C=O) groups excluding carboxylic acids is 2. The molecule has 2 saturated heterocycles. The van der Waals surface area contributed by atoms with Gasteiger partial charge in [-0.15, -0.1) is 6.58 Å². The van der Waals surface area contributed by atoms with Gasteiger partial charge in [-0.05, 0) is 44.6 Å². The zero-order chi connectivity index (χ0) is 18.3. The molecule has 6 atom stereocenters. The molecular formula is C20H32N4O2. The van der Waals surface area contributed by atoms with Crippen molar-refractivity contribution in [2.75, 3.05) is 39.8 Å². The van der Waals surface area contributed by atoms with Crippen LogP contribution in [-0.4, -0.2) is 73.5 Å². The van der Waals surface area contributed by atoms with E-state index < -0.39 is 0 Å². The maximum absolute atomic E-state index is 13.1. The Morgan fingerprint density at radius 1 is 1.08 bits per heavy atom. The van der Waals surface area contributed by atoms with Crippen LogP contribution in [0.4, 0.5) is 0 Å². The largest absolute Gasteiger partial charge is 0.352 e. The third kappa shape index (κ3) is 3.29. The predicted octanol–water partition coefficient (Wildman–Crippen LogP) is 0.455. The number of fused-ring (bicyclic) bond motifs is 3. The highest BCUT2D eigenvalue weighted by Gasteiger charge is 2.54. The van der Waals surface area contributed by atoms with Gasteiger partial charge >= 0.3 is 0 Å². The maximum atomic E-state index is 13.1. The molecule has 144 valence electrons. The van der Waals surface area contributed by atoms with Gasteiger partial charge < -0.3 is 15.5 Å². The van der Waals surface area contributed by atoms with Gasteiger partial charge in [-0.1, -0.05) is 6.08 Å². The molecule has 0 spiro atoms. The zero-order valence-electron chi connectivity index (χ0n) is 15.8. The van der Waals surface area contributed by atoms with E-state index in [0.29, 0.717) is 24.4 Å². The van der Waals surface area contributed by atoms with E-state index in [1.54, 1.807) is 6.08 Å². The van der Waals surface area contributed by atoms with Crippen molar-refractivity contribution < 1.29 is 9.59 Å². The summed E-state index contributed by atoms with van der Waals surface area (Å²) >= 11 is 0. The smallest absolute Gasteiger partial charge is 0.224 e. The number of nitrogens with zero attached hydrogens (tertiary/aromatic N) is 2. The molecule has 6 heteroatoms. The average molecular weight is 361 g/mol. The number of rotatable bonds is 5. The van der Waals surface area contributed by atoms with E-state index in [2.05, 4.69) is 34.1 Å². The molecule has 2 heterocycles. The van der Waals surface area contributed by atoms with Crippen LogP contribution < -0.4 is 10.6 Å². The van der Waals surface area contributed by atoms with Crippen LogP contribution in [0.5, 0.6) is 0 Å². The van der Waals surface area contributed by atoms with Crippen LogP contribution >= 0.6 is 0 Å². The molecule has 4 rings (SSSR count). The standard InChI is InChI=1S/C20H32N4O2/c1-3-6-21-19(25)17-13-4-5-14(9-13)18(17)20(26)22-15-10-16-12-23(2)7-8-24(16)11-15/h3,13-18H,1,4-12H2,2H3,(H,21,25)(H,22,26)/t13-,14-,15+,16+,17+,18-/m1/s1. The highest BCUT2D eigenvalue weighted by Crippen LogP contribution is 2.52. The first kappa shape index (κ1) is 18.0. The van der Waals surface area contributed by atoms with Gasteiger partial charge in [0.05, 0.1) is 11.8 Å². The molecule has 6 nitrogen and oxygen atoms in total. The highest BCUT2D eigenvalue weighted by atomic mass is 16.2. The molecule has 0 aromatic heterocycles. The van der Waals surface area contributed by atoms with Crippen molar-refractivity contribution in [2.45, 2.75) is 37.8 Å². The van der Waals surface area contributed by atoms with Crippen molar-refractivity contribution in [2.24, 2.45) is 23.7 Å². The lowest BCUT2D eigenvalue weighted by Gasteiger charge is -2.34. The summed E-state index contributed by atoms with van der Waals surface area (Å²) in [5.41, 5.74) is 0. The summed E-state index contributed by atoms with van der Waals surface area (Å²) < 4.78 is 0. The first-order chi connectivity index (χ1) is 12.6. The van der Waals surface area contributed by atoms with Crippen LogP contribution in [-0.2, 0) is 9.59 Å². The maximum Gasteiger partial charge on any atom is 0.224 e. The number of hydrogen-bond donors (Lipinski definition) is 2. The van der Waals surface area contributed by atoms with Gasteiger partial charge in [0.1, 0.15) is 0 Å². The highest BCUT2D eigenvalue weighted by molar-refractivity contribution is 5.89. The van der Waals surface area contributed by atoms with Crippen molar-refractivity contribution in [3.63, 3.8) is 0 Å². The summed E-state index contributed by atoms with van der Waals surface area (Å²) in [7, 11) is 2.17. The van der Waals surface area contributed by atoms with E-state index >= 15 is 0 Å². The van der Waals surface area contributed by atoms with E-state index in [4.69, 9.17) is 0 Å². The summed E-state index contributed by atoms with van der Waals surface area (Å²) in [4.78, 5) is 30.6. The lowest BCUT2D eigenvalue weighted by molar-refractivity contribution is -0.137. The lowest BCUT2D eigenvalue weighted by Crippen LogP contribution is -2.49. The predicted molar refractivity (Wildman–Crippen MR) is 100 cm³/mol. The van der Waals surface area contributed by atoms with Gasteiger partial charge in [0.25, 0.3) is 0 Å². The van der Waals surface area contributed by atoms with E-state index in [1.807, 2.05) is 0 Å². The Kier molecular flexibility index (Phi) is 5.06. The minimum Gasteiger partial charge on any atom is -0.352 e. The molecule has 2 bridgehead atoms. The molecular weight excluding hydrogens is 328 g/mol. The minimum atomic E-state index is -0.149. The van der Waals surface area contributed by atoms with Crippen LogP contribution in [0.1, 0.15) is 25.7 Å². The molecule has 0 unspecified atom stereocenters. The molecule has 0 radical (unpaired) electrons. The molecule has 4 aliphatic rings. The monoisotopic (exact) mass is 360 g/mol. The van der Waals surface area contributed by atoms with Crippen LogP contribution in [0, 0.1) is 23.7 Å². The fourth-order valence-electron chi connectivity index (χ4n) is 5.94. The summed E-state index contributed by atoms with van der Waals surface area (Å²) in [6, 6.07) is 0.792. The Bertz CT molecular complexity index is 580. The number of likely N-dealkylation sites (N-methyl/N-ethyl adjacent to an activating group) is 1. The molecule has 2 aliphatic heterocycles. The number of carbonyl (C=O) groups is 2. The third-order valence-electron chi connectivity index (χ3n) is 7.11. The summed E-state index contributed by atoms with van der Waals surface area (Å²) in [5, 5.41) is 6.25. The Morgan fingerprint density at radius 2 is 1.81 bits per heavy atom. The second kappa shape index (κ2) is 7.31. The summed E-state index contributed by atoms with van der Waals surface area (Å²) in [6.45, 7) is 8.39. The second-order valence-electron chi connectivity index (χ2n) is 8.77. The van der Waals surface area contributed by atoms with Crippen molar-refractivity contribution in [3.05, 3.63) is 12.7 Å². The molecule has 0 aromatic rings. The van der Waals surface area contributed by atoms with Crippen molar-refractivity contribution in [1.82, 2.24) is 20.4 Å². The van der Waals surface area contributed by atoms with Crippen LogP contribution in [0.15, 0.2) is 12.7 Å². The number of nitrogens with one attached hydrogen (secondary N) is 2. The Labute approximate surface area is 156 Å². The van der Waals surface area contributed by atoms with Gasteiger partial charge in [-0.25, -0.2) is 0 Å². The van der Waals surface area contributed by atoms with Gasteiger partial charge in [-0.2, -0.15) is 0 Å². The molecule has 4 fully saturated rings. The van der Waals surface area contributed by atoms with E-state index in [0.717, 1.165) is 51.9 Å². The van der Waals surface area contributed by atoms with E-state index in [1.165, 1.54) is 0 Å². The van der Waals surface area contributed by atoms with Crippen molar-refractivity contribution >= 4 is 11.8 Å². The summed E-state index contributed by atoms with van der Waals surface area (Å²) in [5.74, 6) is 0.637. The van der Waals surface area contributed by atoms with Gasteiger partial charge in [0.2, 0.25) is 11.8 Å². The number of hydrogen-bond acceptors (Lipinski definition) is 4. The summed E-state index contributed by atoms with van der Waals surface area (Å²) in [6.07, 6.45) is 5.95. The van der Waals surface area contributed by atoms with Crippen LogP contribution in [0.25, 0.3) is 0 Å². The van der Waals surface area contributed by atoms with Crippen LogP contribution in [0.2, 0.25) is 0 Å². The van der Waals surface area contributed by atoms with E-state index in [9.17, 15) is 9.59 Å².